The lowest BCUT2D eigenvalue weighted by molar-refractivity contribution is 0.420. The predicted molar refractivity (Wildman–Crippen MR) is 128 cm³/mol. The van der Waals surface area contributed by atoms with Gasteiger partial charge in [-0.05, 0) is 41.8 Å². The number of rotatable bonds is 6. The summed E-state index contributed by atoms with van der Waals surface area (Å²) in [6.45, 7) is 1.79. The van der Waals surface area contributed by atoms with Crippen LogP contribution in [-0.4, -0.2) is 49.1 Å². The highest BCUT2D eigenvalue weighted by molar-refractivity contribution is 7.14. The molecule has 11 heteroatoms. The number of aromatic nitrogens is 5. The lowest BCUT2D eigenvalue weighted by Crippen LogP contribution is -2.56. The Bertz CT molecular complexity index is 1450. The van der Waals surface area contributed by atoms with Gasteiger partial charge in [-0.2, -0.15) is 15.4 Å². The standard InChI is InChI=1S/C24H18N8O2S/c1-2-8-25-16(5-1)20-23(31-10-11-31)32(19-7-4-14-35-19)24(17-15-27-30-29-17,18-6-3-12-33-18)21(28-20)22-26-9-13-34-22/h1-9,12-15H,10-11H2,(H,27,29,30). The fraction of sp³-hybridized carbons (Fsp3) is 0.125. The van der Waals surface area contributed by atoms with Crippen LogP contribution in [0.5, 0.6) is 0 Å². The van der Waals surface area contributed by atoms with E-state index >= 15 is 0 Å². The van der Waals surface area contributed by atoms with E-state index in [0.29, 0.717) is 23.1 Å². The van der Waals surface area contributed by atoms with Gasteiger partial charge in [0.15, 0.2) is 5.54 Å². The first-order valence-electron chi connectivity index (χ1n) is 11.0. The van der Waals surface area contributed by atoms with Crippen LogP contribution < -0.4 is 4.90 Å². The van der Waals surface area contributed by atoms with Gasteiger partial charge in [0.1, 0.15) is 34.9 Å². The van der Waals surface area contributed by atoms with E-state index in [9.17, 15) is 0 Å². The van der Waals surface area contributed by atoms with Crippen molar-refractivity contribution in [2.75, 3.05) is 18.0 Å². The van der Waals surface area contributed by atoms with Gasteiger partial charge in [0, 0.05) is 19.3 Å². The van der Waals surface area contributed by atoms with Crippen LogP contribution in [0.3, 0.4) is 0 Å². The molecule has 7 rings (SSSR count). The first-order valence-corrected chi connectivity index (χ1v) is 11.9. The summed E-state index contributed by atoms with van der Waals surface area (Å²) in [5.41, 5.74) is 1.43. The summed E-state index contributed by atoms with van der Waals surface area (Å²) >= 11 is 1.61. The average Bonchev–Trinajstić information content (AvgIpc) is 3.50. The number of pyridine rings is 1. The van der Waals surface area contributed by atoms with E-state index in [1.807, 2.05) is 41.8 Å². The van der Waals surface area contributed by atoms with Gasteiger partial charge in [-0.25, -0.2) is 9.98 Å². The molecule has 2 aliphatic rings. The zero-order valence-electron chi connectivity index (χ0n) is 18.3. The van der Waals surface area contributed by atoms with E-state index in [0.717, 1.165) is 35.3 Å². The topological polar surface area (TPSA) is 112 Å². The second kappa shape index (κ2) is 7.77. The molecule has 1 fully saturated rings. The van der Waals surface area contributed by atoms with Crippen LogP contribution >= 0.6 is 11.3 Å². The third kappa shape index (κ3) is 2.98. The molecule has 1 saturated heterocycles. The summed E-state index contributed by atoms with van der Waals surface area (Å²) in [5.74, 6) is 1.86. The molecule has 10 nitrogen and oxygen atoms in total. The SMILES string of the molecule is c1ccc(C2=C(N3CC3)N(c3cccs3)C(c3cn[nH]n3)(c3ccco3)C(c3ncco3)=N2)nc1. The Morgan fingerprint density at radius 3 is 2.60 bits per heavy atom. The highest BCUT2D eigenvalue weighted by Gasteiger charge is 2.58. The number of aliphatic imine (C=N–C) groups is 1. The van der Waals surface area contributed by atoms with Crippen LogP contribution in [-0.2, 0) is 5.54 Å². The van der Waals surface area contributed by atoms with Gasteiger partial charge in [-0.1, -0.05) is 6.07 Å². The highest BCUT2D eigenvalue weighted by atomic mass is 32.1. The van der Waals surface area contributed by atoms with E-state index in [-0.39, 0.29) is 0 Å². The minimum absolute atomic E-state index is 0.351. The van der Waals surface area contributed by atoms with Gasteiger partial charge in [-0.3, -0.25) is 9.88 Å². The summed E-state index contributed by atoms with van der Waals surface area (Å²) < 4.78 is 12.0. The number of furan rings is 1. The number of hydrogen-bond acceptors (Lipinski definition) is 10. The average molecular weight is 483 g/mol. The molecule has 1 atom stereocenters. The lowest BCUT2D eigenvalue weighted by Gasteiger charge is -2.45. The Kier molecular flexibility index (Phi) is 4.42. The van der Waals surface area contributed by atoms with Crippen molar-refractivity contribution in [1.29, 1.82) is 0 Å². The quantitative estimate of drug-likeness (QED) is 0.364. The van der Waals surface area contributed by atoms with Gasteiger partial charge in [-0.15, -0.1) is 11.3 Å². The van der Waals surface area contributed by atoms with Crippen molar-refractivity contribution >= 4 is 27.7 Å². The number of nitrogens with one attached hydrogen (secondary N) is 1. The molecule has 0 saturated carbocycles. The van der Waals surface area contributed by atoms with Gasteiger partial charge in [0.2, 0.25) is 5.89 Å². The zero-order chi connectivity index (χ0) is 23.2. The van der Waals surface area contributed by atoms with Crippen LogP contribution in [0, 0.1) is 0 Å². The molecule has 0 aliphatic carbocycles. The number of H-pyrrole nitrogens is 1. The van der Waals surface area contributed by atoms with Crippen molar-refractivity contribution in [2.24, 2.45) is 4.99 Å². The smallest absolute Gasteiger partial charge is 0.244 e. The monoisotopic (exact) mass is 482 g/mol. The van der Waals surface area contributed by atoms with Crippen molar-refractivity contribution in [2.45, 2.75) is 5.54 Å². The molecule has 0 bridgehead atoms. The first kappa shape index (κ1) is 19.9. The van der Waals surface area contributed by atoms with E-state index in [1.165, 1.54) is 6.26 Å². The van der Waals surface area contributed by atoms with Crippen LogP contribution in [0.25, 0.3) is 5.70 Å². The molecule has 0 amide bonds. The van der Waals surface area contributed by atoms with Gasteiger partial charge < -0.3 is 13.7 Å². The molecular weight excluding hydrogens is 464 g/mol. The molecule has 5 aromatic heterocycles. The zero-order valence-corrected chi connectivity index (χ0v) is 19.1. The molecule has 172 valence electrons. The third-order valence-electron chi connectivity index (χ3n) is 6.00. The van der Waals surface area contributed by atoms with Crippen molar-refractivity contribution < 1.29 is 8.83 Å². The van der Waals surface area contributed by atoms with E-state index in [2.05, 4.69) is 41.2 Å². The Morgan fingerprint density at radius 2 is 1.94 bits per heavy atom. The second-order valence-electron chi connectivity index (χ2n) is 8.00. The number of aromatic amines is 1. The van der Waals surface area contributed by atoms with Gasteiger partial charge in [0.05, 0.1) is 29.4 Å². The molecular formula is C24H18N8O2S. The number of thiophene rings is 1. The Labute approximate surface area is 203 Å². The maximum absolute atomic E-state index is 6.12. The normalized spacial score (nSPS) is 19.8. The number of anilines is 1. The molecule has 7 heterocycles. The summed E-state index contributed by atoms with van der Waals surface area (Å²) in [6.07, 6.45) is 8.24. The number of hydrogen-bond donors (Lipinski definition) is 1. The van der Waals surface area contributed by atoms with Crippen LogP contribution in [0.2, 0.25) is 0 Å². The molecule has 35 heavy (non-hydrogen) atoms. The molecule has 0 aromatic carbocycles. The first-order chi connectivity index (χ1) is 17.4. The Hall–Kier alpha value is -4.51. The van der Waals surface area contributed by atoms with Crippen LogP contribution in [0.4, 0.5) is 5.00 Å². The molecule has 0 radical (unpaired) electrons. The molecule has 1 unspecified atom stereocenters. The summed E-state index contributed by atoms with van der Waals surface area (Å²) in [6, 6.07) is 13.7. The highest BCUT2D eigenvalue weighted by Crippen LogP contribution is 2.51. The van der Waals surface area contributed by atoms with Crippen molar-refractivity contribution in [1.82, 2.24) is 30.3 Å². The summed E-state index contributed by atoms with van der Waals surface area (Å²) in [7, 11) is 0. The van der Waals surface area contributed by atoms with Crippen LogP contribution in [0.1, 0.15) is 23.0 Å². The maximum Gasteiger partial charge on any atom is 0.244 e. The van der Waals surface area contributed by atoms with E-state index in [1.54, 1.807) is 36.2 Å². The van der Waals surface area contributed by atoms with Crippen molar-refractivity contribution in [3.63, 3.8) is 0 Å². The third-order valence-corrected chi connectivity index (χ3v) is 6.86. The van der Waals surface area contributed by atoms with Crippen molar-refractivity contribution in [3.8, 4) is 0 Å². The summed E-state index contributed by atoms with van der Waals surface area (Å²) in [4.78, 5) is 18.8. The lowest BCUT2D eigenvalue weighted by atomic mass is 9.82. The van der Waals surface area contributed by atoms with Gasteiger partial charge >= 0.3 is 0 Å². The van der Waals surface area contributed by atoms with Crippen LogP contribution in [0.15, 0.2) is 98.6 Å². The second-order valence-corrected chi connectivity index (χ2v) is 8.93. The number of oxazole rings is 1. The molecule has 5 aromatic rings. The molecule has 0 spiro atoms. The molecule has 1 N–H and O–H groups in total. The minimum Gasteiger partial charge on any atom is -0.466 e. The van der Waals surface area contributed by atoms with Gasteiger partial charge in [0.25, 0.3) is 0 Å². The van der Waals surface area contributed by atoms with E-state index < -0.39 is 5.54 Å². The fourth-order valence-corrected chi connectivity index (χ4v) is 5.28. The van der Waals surface area contributed by atoms with E-state index in [4.69, 9.17) is 13.8 Å². The predicted octanol–water partition coefficient (Wildman–Crippen LogP) is 3.74. The maximum atomic E-state index is 6.12. The Balaban J connectivity index is 1.64. The fourth-order valence-electron chi connectivity index (χ4n) is 4.50. The summed E-state index contributed by atoms with van der Waals surface area (Å²) in [5, 5.41) is 14.5. The van der Waals surface area contributed by atoms with Crippen molar-refractivity contribution in [3.05, 3.63) is 108 Å². The minimum atomic E-state index is -1.15. The molecule has 2 aliphatic heterocycles. The number of nitrogens with zero attached hydrogens (tertiary/aromatic N) is 7. The largest absolute Gasteiger partial charge is 0.466 e. The Morgan fingerprint density at radius 1 is 0.971 bits per heavy atom.